The lowest BCUT2D eigenvalue weighted by molar-refractivity contribution is 0.150. The molecule has 2 nitrogen and oxygen atoms in total. The van der Waals surface area contributed by atoms with Crippen LogP contribution in [0, 0.1) is 0 Å². The molecule has 1 aliphatic rings. The van der Waals surface area contributed by atoms with Crippen molar-refractivity contribution in [3.8, 4) is 5.75 Å². The van der Waals surface area contributed by atoms with Crippen LogP contribution < -0.4 is 4.74 Å². The minimum atomic E-state index is -0.101. The van der Waals surface area contributed by atoms with Crippen molar-refractivity contribution in [3.63, 3.8) is 0 Å². The molecule has 4 aromatic carbocycles. The van der Waals surface area contributed by atoms with Crippen molar-refractivity contribution in [2.75, 3.05) is 7.05 Å². The Labute approximate surface area is 203 Å². The maximum atomic E-state index is 6.17. The zero-order valence-corrected chi connectivity index (χ0v) is 20.2. The molecule has 0 saturated carbocycles. The first kappa shape index (κ1) is 22.4. The molecule has 172 valence electrons. The van der Waals surface area contributed by atoms with Gasteiger partial charge in [-0.2, -0.15) is 0 Å². The van der Waals surface area contributed by atoms with Gasteiger partial charge in [-0.3, -0.25) is 4.90 Å². The molecule has 0 aromatic heterocycles. The highest BCUT2D eigenvalue weighted by Crippen LogP contribution is 2.45. The van der Waals surface area contributed by atoms with E-state index in [1.54, 1.807) is 0 Å². The third-order valence-corrected chi connectivity index (χ3v) is 7.42. The second kappa shape index (κ2) is 9.87. The van der Waals surface area contributed by atoms with E-state index in [9.17, 15) is 0 Å². The van der Waals surface area contributed by atoms with Gasteiger partial charge in [0.25, 0.3) is 0 Å². The van der Waals surface area contributed by atoms with Crippen LogP contribution in [0.5, 0.6) is 5.75 Å². The quantitative estimate of drug-likeness (QED) is 0.302. The first-order chi connectivity index (χ1) is 16.6. The lowest BCUT2D eigenvalue weighted by Crippen LogP contribution is -2.50. The number of hydrogen-bond donors (Lipinski definition) is 0. The number of rotatable bonds is 7. The van der Waals surface area contributed by atoms with Gasteiger partial charge in [0.1, 0.15) is 12.4 Å². The van der Waals surface area contributed by atoms with E-state index in [0.29, 0.717) is 12.6 Å². The summed E-state index contributed by atoms with van der Waals surface area (Å²) in [5.74, 6) is 0.953. The van der Waals surface area contributed by atoms with E-state index >= 15 is 0 Å². The van der Waals surface area contributed by atoms with E-state index in [1.807, 2.05) is 6.07 Å². The van der Waals surface area contributed by atoms with Crippen molar-refractivity contribution >= 4 is 0 Å². The SMILES string of the molecule is CN(Cc1ccccc1)C1CCc2cc(OCc3ccccc3)ccc2C1(C)c1ccccc1. The number of fused-ring (bicyclic) bond motifs is 1. The summed E-state index contributed by atoms with van der Waals surface area (Å²) >= 11 is 0. The largest absolute Gasteiger partial charge is 0.489 e. The van der Waals surface area contributed by atoms with E-state index in [-0.39, 0.29) is 5.41 Å². The molecule has 2 heteroatoms. The predicted octanol–water partition coefficient (Wildman–Crippen LogP) is 7.02. The average molecular weight is 448 g/mol. The first-order valence-electron chi connectivity index (χ1n) is 12.2. The number of aryl methyl sites for hydroxylation is 1. The third-order valence-electron chi connectivity index (χ3n) is 7.42. The monoisotopic (exact) mass is 447 g/mol. The van der Waals surface area contributed by atoms with Crippen LogP contribution in [0.3, 0.4) is 0 Å². The maximum absolute atomic E-state index is 6.17. The van der Waals surface area contributed by atoms with Gasteiger partial charge in [-0.05, 0) is 66.8 Å². The molecule has 4 aromatic rings. The van der Waals surface area contributed by atoms with Gasteiger partial charge in [-0.25, -0.2) is 0 Å². The van der Waals surface area contributed by atoms with E-state index in [4.69, 9.17) is 4.74 Å². The lowest BCUT2D eigenvalue weighted by Gasteiger charge is -2.48. The Hall–Kier alpha value is -3.36. The van der Waals surface area contributed by atoms with Crippen LogP contribution in [-0.4, -0.2) is 18.0 Å². The molecule has 1 aliphatic carbocycles. The van der Waals surface area contributed by atoms with E-state index in [0.717, 1.165) is 25.1 Å². The fourth-order valence-corrected chi connectivity index (χ4v) is 5.65. The minimum Gasteiger partial charge on any atom is -0.489 e. The fourth-order valence-electron chi connectivity index (χ4n) is 5.65. The number of benzene rings is 4. The van der Waals surface area contributed by atoms with Crippen LogP contribution >= 0.6 is 0 Å². The number of nitrogens with zero attached hydrogens (tertiary/aromatic N) is 1. The molecule has 0 radical (unpaired) electrons. The third kappa shape index (κ3) is 4.51. The topological polar surface area (TPSA) is 12.5 Å². The summed E-state index contributed by atoms with van der Waals surface area (Å²) in [6, 6.07) is 39.3. The van der Waals surface area contributed by atoms with Crippen molar-refractivity contribution in [1.82, 2.24) is 4.90 Å². The summed E-state index contributed by atoms with van der Waals surface area (Å²) in [4.78, 5) is 2.55. The van der Waals surface area contributed by atoms with Crippen molar-refractivity contribution < 1.29 is 4.74 Å². The van der Waals surface area contributed by atoms with Crippen LogP contribution in [0.4, 0.5) is 0 Å². The van der Waals surface area contributed by atoms with Gasteiger partial charge in [0.05, 0.1) is 0 Å². The van der Waals surface area contributed by atoms with Crippen molar-refractivity contribution in [2.45, 2.75) is 44.4 Å². The standard InChI is InChI=1S/C32H33NO/c1-32(28-16-10-5-11-17-28)30-20-19-29(34-24-26-14-8-4-9-15-26)22-27(30)18-21-31(32)33(2)23-25-12-6-3-7-13-25/h3-17,19-20,22,31H,18,21,23-24H2,1-2H3. The molecule has 2 atom stereocenters. The fraction of sp³-hybridized carbons (Fsp3) is 0.250. The highest BCUT2D eigenvalue weighted by atomic mass is 16.5. The van der Waals surface area contributed by atoms with Crippen LogP contribution in [0.15, 0.2) is 109 Å². The number of likely N-dealkylation sites (N-methyl/N-ethyl adjacent to an activating group) is 1. The molecule has 0 amide bonds. The molecular weight excluding hydrogens is 414 g/mol. The van der Waals surface area contributed by atoms with Crippen LogP contribution in [0.1, 0.15) is 41.2 Å². The summed E-state index contributed by atoms with van der Waals surface area (Å²) < 4.78 is 6.17. The molecule has 34 heavy (non-hydrogen) atoms. The van der Waals surface area contributed by atoms with Gasteiger partial charge in [-0.15, -0.1) is 0 Å². The highest BCUT2D eigenvalue weighted by Gasteiger charge is 2.43. The van der Waals surface area contributed by atoms with Gasteiger partial charge in [-0.1, -0.05) is 97.1 Å². The molecular formula is C32H33NO. The van der Waals surface area contributed by atoms with E-state index in [1.165, 1.54) is 27.8 Å². The van der Waals surface area contributed by atoms with Gasteiger partial charge < -0.3 is 4.74 Å². The predicted molar refractivity (Wildman–Crippen MR) is 140 cm³/mol. The zero-order chi connectivity index (χ0) is 23.4. The molecule has 5 rings (SSSR count). The molecule has 0 bridgehead atoms. The molecule has 0 spiro atoms. The Bertz CT molecular complexity index is 1210. The Morgan fingerprint density at radius 1 is 0.794 bits per heavy atom. The number of ether oxygens (including phenoxy) is 1. The van der Waals surface area contributed by atoms with Crippen LogP contribution in [0.2, 0.25) is 0 Å². The summed E-state index contributed by atoms with van der Waals surface area (Å²) in [5.41, 5.74) is 6.64. The van der Waals surface area contributed by atoms with E-state index in [2.05, 4.69) is 122 Å². The van der Waals surface area contributed by atoms with E-state index < -0.39 is 0 Å². The Morgan fingerprint density at radius 3 is 2.09 bits per heavy atom. The molecule has 0 saturated heterocycles. The van der Waals surface area contributed by atoms with Crippen molar-refractivity contribution in [1.29, 1.82) is 0 Å². The molecule has 0 N–H and O–H groups in total. The molecule has 2 unspecified atom stereocenters. The summed E-state index contributed by atoms with van der Waals surface area (Å²) in [5, 5.41) is 0. The minimum absolute atomic E-state index is 0.101. The summed E-state index contributed by atoms with van der Waals surface area (Å²) in [6.07, 6.45) is 2.17. The molecule has 0 fully saturated rings. The summed E-state index contributed by atoms with van der Waals surface area (Å²) in [6.45, 7) is 3.97. The normalized spacial score (nSPS) is 19.6. The Balaban J connectivity index is 1.46. The van der Waals surface area contributed by atoms with Gasteiger partial charge >= 0.3 is 0 Å². The first-order valence-corrected chi connectivity index (χ1v) is 12.2. The van der Waals surface area contributed by atoms with Gasteiger partial charge in [0.15, 0.2) is 0 Å². The van der Waals surface area contributed by atoms with Crippen molar-refractivity contribution in [3.05, 3.63) is 137 Å². The number of hydrogen-bond acceptors (Lipinski definition) is 2. The zero-order valence-electron chi connectivity index (χ0n) is 20.2. The van der Waals surface area contributed by atoms with Crippen molar-refractivity contribution in [2.24, 2.45) is 0 Å². The van der Waals surface area contributed by atoms with Gasteiger partial charge in [0, 0.05) is 18.0 Å². The maximum Gasteiger partial charge on any atom is 0.120 e. The molecule has 0 heterocycles. The van der Waals surface area contributed by atoms with Gasteiger partial charge in [0.2, 0.25) is 0 Å². The average Bonchev–Trinajstić information content (AvgIpc) is 2.89. The summed E-state index contributed by atoms with van der Waals surface area (Å²) in [7, 11) is 2.28. The molecule has 0 aliphatic heterocycles. The second-order valence-electron chi connectivity index (χ2n) is 9.62. The van der Waals surface area contributed by atoms with Crippen LogP contribution in [0.25, 0.3) is 0 Å². The second-order valence-corrected chi connectivity index (χ2v) is 9.62. The highest BCUT2D eigenvalue weighted by molar-refractivity contribution is 5.50. The lowest BCUT2D eigenvalue weighted by atomic mass is 9.63. The Morgan fingerprint density at radius 2 is 1.41 bits per heavy atom. The van der Waals surface area contributed by atoms with Crippen LogP contribution in [-0.2, 0) is 25.0 Å². The Kier molecular flexibility index (Phi) is 6.51. The smallest absolute Gasteiger partial charge is 0.120 e.